The normalized spacial score (nSPS) is 15.2. The molecular weight excluding hydrogens is 440 g/mol. The van der Waals surface area contributed by atoms with Crippen molar-refractivity contribution >= 4 is 28.3 Å². The number of nitrogen functional groups attached to an aromatic ring is 1. The number of imidazole rings is 1. The molecule has 0 aliphatic heterocycles. The summed E-state index contributed by atoms with van der Waals surface area (Å²) < 4.78 is 55.3. The number of fused-ring (bicyclic) bond motifs is 3. The zero-order valence-electron chi connectivity index (χ0n) is 17.3. The van der Waals surface area contributed by atoms with Gasteiger partial charge in [-0.1, -0.05) is 0 Å². The summed E-state index contributed by atoms with van der Waals surface area (Å²) in [6, 6.07) is 3.91. The van der Waals surface area contributed by atoms with E-state index in [0.717, 1.165) is 31.2 Å². The molecule has 4 aromatic rings. The standard InChI is InChI=1S/C22H18F4N6O/c1-11(16-5-2-12(8-29-16)22(24,25)26)32(13-3-4-13)21(33)14-6-18-17(7-15(14)23)30-20(27)19-9-28-10-31(18)19/h2,5-11,13H,3-4H2,1H3,(H2,27,30)/t11-/m1/s1. The van der Waals surface area contributed by atoms with E-state index in [2.05, 4.69) is 15.0 Å². The first kappa shape index (κ1) is 21.1. The molecule has 0 unspecified atom stereocenters. The summed E-state index contributed by atoms with van der Waals surface area (Å²) in [7, 11) is 0. The predicted molar refractivity (Wildman–Crippen MR) is 112 cm³/mol. The van der Waals surface area contributed by atoms with E-state index in [-0.39, 0.29) is 28.6 Å². The van der Waals surface area contributed by atoms with Crippen LogP contribution in [0, 0.1) is 5.82 Å². The van der Waals surface area contributed by atoms with Crippen molar-refractivity contribution in [3.8, 4) is 0 Å². The fourth-order valence-corrected chi connectivity index (χ4v) is 3.97. The van der Waals surface area contributed by atoms with Crippen LogP contribution in [0.1, 0.15) is 47.4 Å². The van der Waals surface area contributed by atoms with Crippen molar-refractivity contribution in [2.75, 3.05) is 5.73 Å². The Labute approximate surface area is 184 Å². The number of hydrogen-bond donors (Lipinski definition) is 1. The van der Waals surface area contributed by atoms with Gasteiger partial charge in [0.2, 0.25) is 0 Å². The fraction of sp³-hybridized carbons (Fsp3) is 0.273. The number of rotatable bonds is 4. The van der Waals surface area contributed by atoms with Crippen LogP contribution in [0.5, 0.6) is 0 Å². The summed E-state index contributed by atoms with van der Waals surface area (Å²) >= 11 is 0. The number of nitrogens with two attached hydrogens (primary N) is 1. The van der Waals surface area contributed by atoms with Crippen molar-refractivity contribution < 1.29 is 22.4 Å². The number of hydrogen-bond acceptors (Lipinski definition) is 5. The topological polar surface area (TPSA) is 89.4 Å². The third-order valence-corrected chi connectivity index (χ3v) is 5.83. The third kappa shape index (κ3) is 3.62. The fourth-order valence-electron chi connectivity index (χ4n) is 3.97. The third-order valence-electron chi connectivity index (χ3n) is 5.83. The first-order valence-electron chi connectivity index (χ1n) is 10.2. The quantitative estimate of drug-likeness (QED) is 0.459. The zero-order chi connectivity index (χ0) is 23.5. The van der Waals surface area contributed by atoms with Gasteiger partial charge in [-0.3, -0.25) is 14.2 Å². The highest BCUT2D eigenvalue weighted by Gasteiger charge is 2.39. The molecule has 0 spiro atoms. The van der Waals surface area contributed by atoms with Gasteiger partial charge in [-0.05, 0) is 38.0 Å². The number of amides is 1. The molecular formula is C22H18F4N6O. The van der Waals surface area contributed by atoms with Crippen molar-refractivity contribution in [1.29, 1.82) is 0 Å². The Morgan fingerprint density at radius 3 is 2.61 bits per heavy atom. The van der Waals surface area contributed by atoms with Crippen LogP contribution in [-0.2, 0) is 6.18 Å². The van der Waals surface area contributed by atoms with E-state index in [1.165, 1.54) is 29.6 Å². The molecule has 1 saturated carbocycles. The number of nitrogens with zero attached hydrogens (tertiary/aromatic N) is 5. The van der Waals surface area contributed by atoms with Crippen LogP contribution in [0.4, 0.5) is 23.4 Å². The van der Waals surface area contributed by atoms with Crippen LogP contribution in [0.3, 0.4) is 0 Å². The molecule has 1 amide bonds. The highest BCUT2D eigenvalue weighted by atomic mass is 19.4. The molecule has 5 rings (SSSR count). The predicted octanol–water partition coefficient (Wildman–Crippen LogP) is 4.38. The minimum absolute atomic E-state index is 0.149. The van der Waals surface area contributed by atoms with Crippen LogP contribution in [-0.4, -0.2) is 36.2 Å². The molecule has 0 bridgehead atoms. The molecule has 7 nitrogen and oxygen atoms in total. The molecule has 11 heteroatoms. The van der Waals surface area contributed by atoms with E-state index in [1.54, 1.807) is 11.3 Å². The monoisotopic (exact) mass is 458 g/mol. The summed E-state index contributed by atoms with van der Waals surface area (Å²) in [5.74, 6) is -1.16. The second kappa shape index (κ2) is 7.39. The minimum Gasteiger partial charge on any atom is -0.382 e. The molecule has 1 atom stereocenters. The maximum absolute atomic E-state index is 15.0. The van der Waals surface area contributed by atoms with E-state index < -0.39 is 29.5 Å². The van der Waals surface area contributed by atoms with E-state index in [0.29, 0.717) is 11.0 Å². The number of benzene rings is 1. The zero-order valence-corrected chi connectivity index (χ0v) is 17.3. The number of alkyl halides is 3. The molecule has 2 N–H and O–H groups in total. The van der Waals surface area contributed by atoms with Gasteiger partial charge in [0.1, 0.15) is 17.2 Å². The smallest absolute Gasteiger partial charge is 0.382 e. The molecule has 33 heavy (non-hydrogen) atoms. The van der Waals surface area contributed by atoms with Gasteiger partial charge in [-0.25, -0.2) is 14.4 Å². The molecule has 1 aromatic carbocycles. The Kier molecular flexibility index (Phi) is 4.73. The second-order valence-electron chi connectivity index (χ2n) is 8.06. The van der Waals surface area contributed by atoms with Crippen LogP contribution in [0.25, 0.3) is 16.6 Å². The first-order valence-corrected chi connectivity index (χ1v) is 10.2. The van der Waals surface area contributed by atoms with Crippen LogP contribution in [0.2, 0.25) is 0 Å². The average molecular weight is 458 g/mol. The maximum atomic E-state index is 15.0. The van der Waals surface area contributed by atoms with Gasteiger partial charge in [0.15, 0.2) is 0 Å². The SMILES string of the molecule is C[C@H](c1ccc(C(F)(F)F)cn1)N(C(=O)c1cc2c(cc1F)nc(N)c1cncn12)C1CC1. The Hall–Kier alpha value is -3.76. The van der Waals surface area contributed by atoms with E-state index in [4.69, 9.17) is 5.73 Å². The van der Waals surface area contributed by atoms with Gasteiger partial charge in [0.25, 0.3) is 5.91 Å². The number of carbonyl (C=O) groups is 1. The molecule has 1 fully saturated rings. The Bertz CT molecular complexity index is 1380. The van der Waals surface area contributed by atoms with Gasteiger partial charge in [0, 0.05) is 18.3 Å². The number of anilines is 1. The largest absolute Gasteiger partial charge is 0.417 e. The van der Waals surface area contributed by atoms with Gasteiger partial charge >= 0.3 is 6.18 Å². The number of carbonyl (C=O) groups excluding carboxylic acids is 1. The van der Waals surface area contributed by atoms with Crippen LogP contribution in [0.15, 0.2) is 43.0 Å². The van der Waals surface area contributed by atoms with Crippen molar-refractivity contribution in [1.82, 2.24) is 24.3 Å². The second-order valence-corrected chi connectivity index (χ2v) is 8.06. The molecule has 0 saturated heterocycles. The van der Waals surface area contributed by atoms with Crippen molar-refractivity contribution in [2.45, 2.75) is 38.0 Å². The Morgan fingerprint density at radius 1 is 1.21 bits per heavy atom. The van der Waals surface area contributed by atoms with Gasteiger partial charge in [0.05, 0.1) is 46.4 Å². The van der Waals surface area contributed by atoms with Crippen LogP contribution >= 0.6 is 0 Å². The molecule has 1 aliphatic rings. The number of pyridine rings is 1. The lowest BCUT2D eigenvalue weighted by atomic mass is 10.1. The van der Waals surface area contributed by atoms with Crippen LogP contribution < -0.4 is 5.73 Å². The van der Waals surface area contributed by atoms with Crippen molar-refractivity contribution in [2.24, 2.45) is 0 Å². The Balaban J connectivity index is 1.55. The summed E-state index contributed by atoms with van der Waals surface area (Å²) in [5, 5.41) is 0. The average Bonchev–Trinajstić information content (AvgIpc) is 3.46. The van der Waals surface area contributed by atoms with E-state index >= 15 is 4.39 Å². The lowest BCUT2D eigenvalue weighted by molar-refractivity contribution is -0.137. The van der Waals surface area contributed by atoms with Gasteiger partial charge in [-0.2, -0.15) is 13.2 Å². The molecule has 3 heterocycles. The molecule has 170 valence electrons. The highest BCUT2D eigenvalue weighted by molar-refractivity contribution is 5.99. The molecule has 1 aliphatic carbocycles. The first-order chi connectivity index (χ1) is 15.6. The molecule has 3 aromatic heterocycles. The maximum Gasteiger partial charge on any atom is 0.417 e. The highest BCUT2D eigenvalue weighted by Crippen LogP contribution is 2.37. The summed E-state index contributed by atoms with van der Waals surface area (Å²) in [5.41, 5.74) is 6.39. The Morgan fingerprint density at radius 2 is 1.97 bits per heavy atom. The van der Waals surface area contributed by atoms with Gasteiger partial charge in [-0.15, -0.1) is 0 Å². The van der Waals surface area contributed by atoms with E-state index in [1.807, 2.05) is 0 Å². The lowest BCUT2D eigenvalue weighted by Gasteiger charge is -2.29. The lowest BCUT2D eigenvalue weighted by Crippen LogP contribution is -2.36. The van der Waals surface area contributed by atoms with Crippen molar-refractivity contribution in [3.63, 3.8) is 0 Å². The summed E-state index contributed by atoms with van der Waals surface area (Å²) in [4.78, 5) is 27.1. The molecule has 0 radical (unpaired) electrons. The van der Waals surface area contributed by atoms with Gasteiger partial charge < -0.3 is 10.6 Å². The number of aromatic nitrogens is 4. The number of halogens is 4. The van der Waals surface area contributed by atoms with Crippen molar-refractivity contribution in [3.05, 3.63) is 65.6 Å². The summed E-state index contributed by atoms with van der Waals surface area (Å²) in [6.07, 6.45) is 0.678. The van der Waals surface area contributed by atoms with E-state index in [9.17, 15) is 18.0 Å². The minimum atomic E-state index is -4.51. The summed E-state index contributed by atoms with van der Waals surface area (Å²) in [6.45, 7) is 1.67.